The van der Waals surface area contributed by atoms with Gasteiger partial charge < -0.3 is 15.5 Å². The summed E-state index contributed by atoms with van der Waals surface area (Å²) in [5.41, 5.74) is 1.92. The molecule has 3 rings (SSSR count). The van der Waals surface area contributed by atoms with Crippen molar-refractivity contribution in [1.82, 2.24) is 15.0 Å². The van der Waals surface area contributed by atoms with Crippen LogP contribution in [0.2, 0.25) is 0 Å². The van der Waals surface area contributed by atoms with Crippen LogP contribution < -0.4 is 5.32 Å². The van der Waals surface area contributed by atoms with Crippen LogP contribution in [0.15, 0.2) is 54.7 Å². The summed E-state index contributed by atoms with van der Waals surface area (Å²) in [6.45, 7) is 2.12. The van der Waals surface area contributed by atoms with Crippen LogP contribution in [0.3, 0.4) is 0 Å². The maximum atomic E-state index is 10.2. The Morgan fingerprint density at radius 2 is 1.88 bits per heavy atom. The van der Waals surface area contributed by atoms with Gasteiger partial charge in [0.25, 0.3) is 0 Å². The molecule has 0 aliphatic carbocycles. The molecule has 0 spiro atoms. The van der Waals surface area contributed by atoms with Crippen LogP contribution in [0.25, 0.3) is 11.4 Å². The van der Waals surface area contributed by atoms with Crippen molar-refractivity contribution in [2.24, 2.45) is 0 Å². The topological polar surface area (TPSA) is 91.2 Å². The molecule has 3 aromatic rings. The summed E-state index contributed by atoms with van der Waals surface area (Å²) in [4.78, 5) is 12.9. The number of pyridine rings is 1. The standard InChI is InChI=1S/C18H18N4O2/c1-12-10-17(20-11-16(24)14-7-4-5-9-19-14)22-18(21-12)13-6-2-3-8-15(13)23/h2-10,16,23-24H,11H2,1H3,(H,20,21,22)/t16-/m0/s1. The van der Waals surface area contributed by atoms with Gasteiger partial charge in [-0.2, -0.15) is 0 Å². The summed E-state index contributed by atoms with van der Waals surface area (Å²) in [7, 11) is 0. The number of nitrogens with one attached hydrogen (secondary N) is 1. The Balaban J connectivity index is 1.78. The molecule has 0 saturated carbocycles. The van der Waals surface area contributed by atoms with Crippen LogP contribution in [0.4, 0.5) is 5.82 Å². The van der Waals surface area contributed by atoms with E-state index in [-0.39, 0.29) is 12.3 Å². The van der Waals surface area contributed by atoms with Crippen LogP contribution in [-0.4, -0.2) is 31.7 Å². The van der Waals surface area contributed by atoms with Crippen LogP contribution in [0, 0.1) is 6.92 Å². The van der Waals surface area contributed by atoms with E-state index in [4.69, 9.17) is 0 Å². The van der Waals surface area contributed by atoms with Gasteiger partial charge >= 0.3 is 0 Å². The fraction of sp³-hybridized carbons (Fsp3) is 0.167. The fourth-order valence-electron chi connectivity index (χ4n) is 2.32. The number of para-hydroxylation sites is 1. The predicted molar refractivity (Wildman–Crippen MR) is 91.6 cm³/mol. The second kappa shape index (κ2) is 7.06. The Bertz CT molecular complexity index is 824. The van der Waals surface area contributed by atoms with Crippen molar-refractivity contribution in [3.8, 4) is 17.1 Å². The minimum absolute atomic E-state index is 0.127. The second-order valence-electron chi connectivity index (χ2n) is 5.39. The summed E-state index contributed by atoms with van der Waals surface area (Å²) >= 11 is 0. The summed E-state index contributed by atoms with van der Waals surface area (Å²) in [5.74, 6) is 1.14. The fourth-order valence-corrected chi connectivity index (χ4v) is 2.32. The van der Waals surface area contributed by atoms with Gasteiger partial charge in [0, 0.05) is 24.5 Å². The van der Waals surface area contributed by atoms with Gasteiger partial charge in [-0.1, -0.05) is 18.2 Å². The molecule has 0 unspecified atom stereocenters. The first-order valence-electron chi connectivity index (χ1n) is 7.60. The first kappa shape index (κ1) is 15.9. The highest BCUT2D eigenvalue weighted by Gasteiger charge is 2.11. The third-order valence-electron chi connectivity index (χ3n) is 3.50. The van der Waals surface area contributed by atoms with Crippen molar-refractivity contribution >= 4 is 5.82 Å². The van der Waals surface area contributed by atoms with Gasteiger partial charge in [-0.3, -0.25) is 4.98 Å². The molecular weight excluding hydrogens is 304 g/mol. The molecule has 122 valence electrons. The number of phenolic OH excluding ortho intramolecular Hbond substituents is 1. The second-order valence-corrected chi connectivity index (χ2v) is 5.39. The molecule has 0 saturated heterocycles. The number of anilines is 1. The number of aliphatic hydroxyl groups excluding tert-OH is 1. The van der Waals surface area contributed by atoms with Gasteiger partial charge in [0.15, 0.2) is 5.82 Å². The van der Waals surface area contributed by atoms with Crippen molar-refractivity contribution in [3.63, 3.8) is 0 Å². The van der Waals surface area contributed by atoms with E-state index in [1.165, 1.54) is 0 Å². The smallest absolute Gasteiger partial charge is 0.165 e. The lowest BCUT2D eigenvalue weighted by Gasteiger charge is -2.13. The number of hydrogen-bond acceptors (Lipinski definition) is 6. The highest BCUT2D eigenvalue weighted by Crippen LogP contribution is 2.26. The zero-order valence-corrected chi connectivity index (χ0v) is 13.2. The molecule has 3 N–H and O–H groups in total. The maximum absolute atomic E-state index is 10.2. The summed E-state index contributed by atoms with van der Waals surface area (Å²) in [5, 5.41) is 23.2. The average molecular weight is 322 g/mol. The summed E-state index contributed by atoms with van der Waals surface area (Å²) < 4.78 is 0. The van der Waals surface area contributed by atoms with Gasteiger partial charge in [0.2, 0.25) is 0 Å². The number of nitrogens with zero attached hydrogens (tertiary/aromatic N) is 3. The predicted octanol–water partition coefficient (Wildman–Crippen LogP) is 2.70. The highest BCUT2D eigenvalue weighted by atomic mass is 16.3. The molecule has 0 amide bonds. The van der Waals surface area contributed by atoms with E-state index >= 15 is 0 Å². The lowest BCUT2D eigenvalue weighted by molar-refractivity contribution is 0.186. The normalized spacial score (nSPS) is 11.9. The first-order valence-corrected chi connectivity index (χ1v) is 7.60. The van der Waals surface area contributed by atoms with Gasteiger partial charge in [-0.05, 0) is 31.2 Å². The van der Waals surface area contributed by atoms with E-state index in [0.717, 1.165) is 5.69 Å². The highest BCUT2D eigenvalue weighted by molar-refractivity contribution is 5.64. The van der Waals surface area contributed by atoms with Crippen molar-refractivity contribution in [1.29, 1.82) is 0 Å². The lowest BCUT2D eigenvalue weighted by atomic mass is 10.2. The Labute approximate surface area is 139 Å². The number of aliphatic hydroxyl groups is 1. The van der Waals surface area contributed by atoms with Crippen molar-refractivity contribution in [2.45, 2.75) is 13.0 Å². The third-order valence-corrected chi connectivity index (χ3v) is 3.50. The molecule has 6 heteroatoms. The third kappa shape index (κ3) is 3.67. The molecule has 6 nitrogen and oxygen atoms in total. The van der Waals surface area contributed by atoms with E-state index in [1.54, 1.807) is 42.6 Å². The quantitative estimate of drug-likeness (QED) is 0.669. The molecule has 0 bridgehead atoms. The summed E-state index contributed by atoms with van der Waals surface area (Å²) in [6, 6.07) is 14.1. The molecule has 0 aliphatic rings. The van der Waals surface area contributed by atoms with Crippen LogP contribution >= 0.6 is 0 Å². The molecule has 0 aliphatic heterocycles. The molecule has 2 aromatic heterocycles. The largest absolute Gasteiger partial charge is 0.507 e. The van der Waals surface area contributed by atoms with Gasteiger partial charge in [0.05, 0.1) is 11.3 Å². The molecule has 2 heterocycles. The lowest BCUT2D eigenvalue weighted by Crippen LogP contribution is -2.14. The molecule has 24 heavy (non-hydrogen) atoms. The minimum Gasteiger partial charge on any atom is -0.507 e. The monoisotopic (exact) mass is 322 g/mol. The molecule has 0 fully saturated rings. The zero-order chi connectivity index (χ0) is 16.9. The first-order chi connectivity index (χ1) is 11.6. The zero-order valence-electron chi connectivity index (χ0n) is 13.2. The molecule has 1 aromatic carbocycles. The van der Waals surface area contributed by atoms with E-state index in [1.807, 2.05) is 19.1 Å². The number of aromatic nitrogens is 3. The van der Waals surface area contributed by atoms with Gasteiger partial charge in [-0.25, -0.2) is 9.97 Å². The number of hydrogen-bond donors (Lipinski definition) is 3. The Kier molecular flexibility index (Phi) is 4.67. The van der Waals surface area contributed by atoms with Gasteiger partial charge in [-0.15, -0.1) is 0 Å². The summed E-state index contributed by atoms with van der Waals surface area (Å²) in [6.07, 6.45) is 0.902. The van der Waals surface area contributed by atoms with E-state index in [9.17, 15) is 10.2 Å². The molecule has 1 atom stereocenters. The van der Waals surface area contributed by atoms with E-state index in [0.29, 0.717) is 22.9 Å². The Hall–Kier alpha value is -2.99. The van der Waals surface area contributed by atoms with Crippen molar-refractivity contribution in [2.75, 3.05) is 11.9 Å². The number of rotatable bonds is 5. The number of aryl methyl sites for hydroxylation is 1. The minimum atomic E-state index is -0.741. The number of aromatic hydroxyl groups is 1. The van der Waals surface area contributed by atoms with Crippen LogP contribution in [-0.2, 0) is 0 Å². The Morgan fingerprint density at radius 1 is 1.08 bits per heavy atom. The Morgan fingerprint density at radius 3 is 2.62 bits per heavy atom. The molecular formula is C18H18N4O2. The van der Waals surface area contributed by atoms with Gasteiger partial charge in [0.1, 0.15) is 17.7 Å². The van der Waals surface area contributed by atoms with E-state index in [2.05, 4.69) is 20.3 Å². The van der Waals surface area contributed by atoms with Crippen molar-refractivity contribution in [3.05, 3.63) is 66.1 Å². The van der Waals surface area contributed by atoms with Crippen molar-refractivity contribution < 1.29 is 10.2 Å². The molecule has 0 radical (unpaired) electrons. The van der Waals surface area contributed by atoms with Crippen LogP contribution in [0.5, 0.6) is 5.75 Å². The van der Waals surface area contributed by atoms with E-state index < -0.39 is 6.10 Å². The maximum Gasteiger partial charge on any atom is 0.165 e. The SMILES string of the molecule is Cc1cc(NC[C@H](O)c2ccccn2)nc(-c2ccccc2O)n1. The van der Waals surface area contributed by atoms with Crippen LogP contribution in [0.1, 0.15) is 17.5 Å². The number of benzene rings is 1. The average Bonchev–Trinajstić information content (AvgIpc) is 2.60. The number of phenols is 1.